The van der Waals surface area contributed by atoms with Gasteiger partial charge in [0.2, 0.25) is 0 Å². The Balaban J connectivity index is 1.67. The smallest absolute Gasteiger partial charge is 0.263 e. The Morgan fingerprint density at radius 3 is 2.54 bits per heavy atom. The van der Waals surface area contributed by atoms with Gasteiger partial charge in [-0.2, -0.15) is 0 Å². The van der Waals surface area contributed by atoms with Gasteiger partial charge in [0.1, 0.15) is 11.4 Å². The number of anilines is 2. The Kier molecular flexibility index (Phi) is 4.64. The second kappa shape index (κ2) is 6.86. The van der Waals surface area contributed by atoms with Gasteiger partial charge in [0.05, 0.1) is 0 Å². The predicted octanol–water partition coefficient (Wildman–Crippen LogP) is 2.57. The lowest BCUT2D eigenvalue weighted by molar-refractivity contribution is 0.102. The predicted molar refractivity (Wildman–Crippen MR) is 94.6 cm³/mol. The molecular formula is C18H22N4O2. The van der Waals surface area contributed by atoms with E-state index in [1.165, 1.54) is 19.0 Å². The van der Waals surface area contributed by atoms with Crippen LogP contribution in [0.3, 0.4) is 0 Å². The van der Waals surface area contributed by atoms with Crippen molar-refractivity contribution in [3.8, 4) is 0 Å². The van der Waals surface area contributed by atoms with Gasteiger partial charge in [0.15, 0.2) is 0 Å². The first-order valence-electron chi connectivity index (χ1n) is 8.25. The van der Waals surface area contributed by atoms with Crippen molar-refractivity contribution in [3.05, 3.63) is 52.2 Å². The molecule has 6 heteroatoms. The molecule has 2 aromatic rings. The molecule has 0 saturated carbocycles. The quantitative estimate of drug-likeness (QED) is 0.909. The van der Waals surface area contributed by atoms with E-state index in [0.29, 0.717) is 11.5 Å². The number of H-pyrrole nitrogens is 1. The van der Waals surface area contributed by atoms with Gasteiger partial charge in [0, 0.05) is 30.7 Å². The highest BCUT2D eigenvalue weighted by molar-refractivity contribution is 6.03. The van der Waals surface area contributed by atoms with Crippen LogP contribution in [0.4, 0.5) is 11.4 Å². The molecule has 1 aliphatic heterocycles. The number of hydrogen-bond acceptors (Lipinski definition) is 4. The third-order valence-corrected chi connectivity index (χ3v) is 4.44. The van der Waals surface area contributed by atoms with E-state index in [1.807, 2.05) is 24.3 Å². The summed E-state index contributed by atoms with van der Waals surface area (Å²) in [5, 5.41) is 2.74. The van der Waals surface area contributed by atoms with E-state index in [4.69, 9.17) is 0 Å². The number of benzene rings is 1. The number of rotatable bonds is 3. The van der Waals surface area contributed by atoms with E-state index in [9.17, 15) is 9.59 Å². The third-order valence-electron chi connectivity index (χ3n) is 4.44. The molecule has 2 N–H and O–H groups in total. The van der Waals surface area contributed by atoms with E-state index < -0.39 is 11.5 Å². The second-order valence-electron chi connectivity index (χ2n) is 6.38. The van der Waals surface area contributed by atoms with Crippen molar-refractivity contribution in [1.82, 2.24) is 9.97 Å². The summed E-state index contributed by atoms with van der Waals surface area (Å²) in [5.74, 6) is 0.820. The molecule has 24 heavy (non-hydrogen) atoms. The molecule has 3 rings (SSSR count). The number of carbonyl (C=O) groups is 1. The zero-order valence-electron chi connectivity index (χ0n) is 14.0. The number of nitrogens with zero attached hydrogens (tertiary/aromatic N) is 2. The lowest BCUT2D eigenvalue weighted by atomic mass is 9.99. The third kappa shape index (κ3) is 3.64. The number of aromatic amines is 1. The molecule has 0 aliphatic carbocycles. The Morgan fingerprint density at radius 2 is 1.92 bits per heavy atom. The lowest BCUT2D eigenvalue weighted by Crippen LogP contribution is -2.32. The normalized spacial score (nSPS) is 15.3. The summed E-state index contributed by atoms with van der Waals surface area (Å²) < 4.78 is 0. The summed E-state index contributed by atoms with van der Waals surface area (Å²) in [6.45, 7) is 6.09. The maximum atomic E-state index is 12.2. The van der Waals surface area contributed by atoms with E-state index in [0.717, 1.165) is 24.7 Å². The summed E-state index contributed by atoms with van der Waals surface area (Å²) in [6, 6.07) is 7.73. The Morgan fingerprint density at radius 1 is 1.25 bits per heavy atom. The molecule has 1 fully saturated rings. The molecule has 1 aliphatic rings. The SMILES string of the molecule is Cc1ncc(C(=O)Nc2ccc(N3CCC(C)CC3)cc2)c(=O)[nH]1. The molecule has 1 saturated heterocycles. The standard InChI is InChI=1S/C18H22N4O2/c1-12-7-9-22(10-8-12)15-5-3-14(4-6-15)21-18(24)16-11-19-13(2)20-17(16)23/h3-6,11-12H,7-10H2,1-2H3,(H,21,24)(H,19,20,23). The minimum absolute atomic E-state index is 0.00898. The number of aromatic nitrogens is 2. The first-order chi connectivity index (χ1) is 11.5. The monoisotopic (exact) mass is 326 g/mol. The number of amides is 1. The summed E-state index contributed by atoms with van der Waals surface area (Å²) >= 11 is 0. The van der Waals surface area contributed by atoms with Gasteiger partial charge in [-0.15, -0.1) is 0 Å². The van der Waals surface area contributed by atoms with E-state index >= 15 is 0 Å². The molecule has 1 amide bonds. The van der Waals surface area contributed by atoms with E-state index in [1.54, 1.807) is 6.92 Å². The minimum atomic E-state index is -0.455. The number of nitrogens with one attached hydrogen (secondary N) is 2. The highest BCUT2D eigenvalue weighted by Crippen LogP contribution is 2.24. The zero-order chi connectivity index (χ0) is 17.1. The summed E-state index contributed by atoms with van der Waals surface area (Å²) in [6.07, 6.45) is 3.72. The van der Waals surface area contributed by atoms with Crippen LogP contribution >= 0.6 is 0 Å². The lowest BCUT2D eigenvalue weighted by Gasteiger charge is -2.32. The number of carbonyl (C=O) groups excluding carboxylic acids is 1. The Labute approximate surface area is 140 Å². The minimum Gasteiger partial charge on any atom is -0.372 e. The fourth-order valence-corrected chi connectivity index (χ4v) is 2.87. The fourth-order valence-electron chi connectivity index (χ4n) is 2.87. The molecule has 6 nitrogen and oxygen atoms in total. The van der Waals surface area contributed by atoms with Gasteiger partial charge in [0.25, 0.3) is 11.5 Å². The first kappa shape index (κ1) is 16.2. The molecule has 126 valence electrons. The molecular weight excluding hydrogens is 304 g/mol. The average Bonchev–Trinajstić information content (AvgIpc) is 2.56. The van der Waals surface area contributed by atoms with Gasteiger partial charge >= 0.3 is 0 Å². The molecule has 1 aromatic heterocycles. The van der Waals surface area contributed by atoms with Gasteiger partial charge in [-0.3, -0.25) is 9.59 Å². The van der Waals surface area contributed by atoms with Gasteiger partial charge in [-0.05, 0) is 49.9 Å². The molecule has 0 radical (unpaired) electrons. The van der Waals surface area contributed by atoms with Gasteiger partial charge in [-0.25, -0.2) is 4.98 Å². The van der Waals surface area contributed by atoms with Crippen LogP contribution in [-0.2, 0) is 0 Å². The van der Waals surface area contributed by atoms with Crippen molar-refractivity contribution in [2.45, 2.75) is 26.7 Å². The molecule has 2 heterocycles. The van der Waals surface area contributed by atoms with Crippen LogP contribution in [-0.4, -0.2) is 29.0 Å². The average molecular weight is 326 g/mol. The van der Waals surface area contributed by atoms with Crippen LogP contribution in [0.2, 0.25) is 0 Å². The zero-order valence-corrected chi connectivity index (χ0v) is 14.0. The van der Waals surface area contributed by atoms with Crippen LogP contribution < -0.4 is 15.8 Å². The highest BCUT2D eigenvalue weighted by Gasteiger charge is 2.16. The largest absolute Gasteiger partial charge is 0.372 e. The van der Waals surface area contributed by atoms with Crippen LogP contribution in [0.25, 0.3) is 0 Å². The fraction of sp³-hybridized carbons (Fsp3) is 0.389. The van der Waals surface area contributed by atoms with Crippen LogP contribution in [0.1, 0.15) is 35.9 Å². The van der Waals surface area contributed by atoms with E-state index in [-0.39, 0.29) is 5.56 Å². The summed E-state index contributed by atoms with van der Waals surface area (Å²) in [4.78, 5) is 32.8. The van der Waals surface area contributed by atoms with Crippen molar-refractivity contribution in [2.75, 3.05) is 23.3 Å². The van der Waals surface area contributed by atoms with Crippen LogP contribution in [0, 0.1) is 12.8 Å². The molecule has 0 spiro atoms. The molecule has 1 aromatic carbocycles. The second-order valence-corrected chi connectivity index (χ2v) is 6.38. The molecule has 0 atom stereocenters. The topological polar surface area (TPSA) is 78.1 Å². The van der Waals surface area contributed by atoms with Gasteiger partial charge in [-0.1, -0.05) is 6.92 Å². The maximum absolute atomic E-state index is 12.2. The Bertz CT molecular complexity index is 774. The van der Waals surface area contributed by atoms with Crippen molar-refractivity contribution in [2.24, 2.45) is 5.92 Å². The van der Waals surface area contributed by atoms with Crippen LogP contribution in [0.5, 0.6) is 0 Å². The van der Waals surface area contributed by atoms with E-state index in [2.05, 4.69) is 27.1 Å². The van der Waals surface area contributed by atoms with Crippen molar-refractivity contribution in [1.29, 1.82) is 0 Å². The number of hydrogen-bond donors (Lipinski definition) is 2. The summed E-state index contributed by atoms with van der Waals surface area (Å²) in [7, 11) is 0. The molecule has 0 bridgehead atoms. The van der Waals surface area contributed by atoms with Crippen LogP contribution in [0.15, 0.2) is 35.3 Å². The van der Waals surface area contributed by atoms with Crippen molar-refractivity contribution in [3.63, 3.8) is 0 Å². The van der Waals surface area contributed by atoms with Gasteiger partial charge < -0.3 is 15.2 Å². The maximum Gasteiger partial charge on any atom is 0.263 e. The Hall–Kier alpha value is -2.63. The van der Waals surface area contributed by atoms with Crippen molar-refractivity contribution >= 4 is 17.3 Å². The number of piperidine rings is 1. The first-order valence-corrected chi connectivity index (χ1v) is 8.25. The molecule has 0 unspecified atom stereocenters. The highest BCUT2D eigenvalue weighted by atomic mass is 16.2. The van der Waals surface area contributed by atoms with Crippen molar-refractivity contribution < 1.29 is 4.79 Å². The number of aryl methyl sites for hydroxylation is 1. The summed E-state index contributed by atoms with van der Waals surface area (Å²) in [5.41, 5.74) is 1.40.